The summed E-state index contributed by atoms with van der Waals surface area (Å²) in [7, 11) is 0. The van der Waals surface area contributed by atoms with E-state index in [-0.39, 0.29) is 18.0 Å². The first-order chi connectivity index (χ1) is 10.1. The minimum Gasteiger partial charge on any atom is -0.434 e. The molecule has 0 aliphatic carbocycles. The fraction of sp³-hybridized carbons (Fsp3) is 0.267. The Morgan fingerprint density at radius 3 is 2.62 bits per heavy atom. The number of rotatable bonds is 8. The van der Waals surface area contributed by atoms with Crippen molar-refractivity contribution in [1.29, 1.82) is 0 Å². The van der Waals surface area contributed by atoms with Gasteiger partial charge in [0, 0.05) is 12.1 Å². The van der Waals surface area contributed by atoms with Crippen LogP contribution >= 0.6 is 0 Å². The highest BCUT2D eigenvalue weighted by molar-refractivity contribution is 5.63. The van der Waals surface area contributed by atoms with Crippen molar-refractivity contribution in [1.82, 2.24) is 0 Å². The maximum atomic E-state index is 11.4. The molecule has 0 aliphatic heterocycles. The molecule has 6 nitrogen and oxygen atoms in total. The fourth-order valence-corrected chi connectivity index (χ4v) is 1.47. The lowest BCUT2D eigenvalue weighted by molar-refractivity contribution is -0.384. The zero-order valence-electron chi connectivity index (χ0n) is 11.6. The van der Waals surface area contributed by atoms with E-state index in [4.69, 9.17) is 9.47 Å². The summed E-state index contributed by atoms with van der Waals surface area (Å²) < 4.78 is 9.77. The number of carbonyl (C=O) groups is 1. The normalized spacial score (nSPS) is 10.3. The number of allylic oxidation sites excluding steroid dienone is 3. The van der Waals surface area contributed by atoms with Crippen LogP contribution in [-0.2, 0) is 4.74 Å². The number of nitro benzene ring substituents is 1. The molecule has 1 aromatic carbocycles. The van der Waals surface area contributed by atoms with E-state index in [1.54, 1.807) is 6.08 Å². The number of non-ortho nitro benzene ring substituents is 1. The van der Waals surface area contributed by atoms with Gasteiger partial charge in [0.1, 0.15) is 5.75 Å². The largest absolute Gasteiger partial charge is 0.513 e. The molecule has 0 spiro atoms. The van der Waals surface area contributed by atoms with E-state index in [9.17, 15) is 14.9 Å². The van der Waals surface area contributed by atoms with Crippen LogP contribution in [0.4, 0.5) is 10.5 Å². The van der Waals surface area contributed by atoms with Crippen molar-refractivity contribution in [3.8, 4) is 5.75 Å². The quantitative estimate of drug-likeness (QED) is 0.180. The smallest absolute Gasteiger partial charge is 0.434 e. The highest BCUT2D eigenvalue weighted by atomic mass is 16.7. The summed E-state index contributed by atoms with van der Waals surface area (Å²) in [6.07, 6.45) is 7.27. The van der Waals surface area contributed by atoms with E-state index < -0.39 is 11.1 Å². The van der Waals surface area contributed by atoms with Gasteiger partial charge in [0.05, 0.1) is 11.5 Å². The van der Waals surface area contributed by atoms with Crippen molar-refractivity contribution in [3.05, 3.63) is 59.2 Å². The Balaban J connectivity index is 2.22. The molecule has 0 unspecified atom stereocenters. The maximum Gasteiger partial charge on any atom is 0.513 e. The van der Waals surface area contributed by atoms with Crippen LogP contribution < -0.4 is 4.74 Å². The number of hydrogen-bond donors (Lipinski definition) is 0. The first-order valence-corrected chi connectivity index (χ1v) is 6.50. The van der Waals surface area contributed by atoms with Crippen molar-refractivity contribution in [2.75, 3.05) is 6.61 Å². The van der Waals surface area contributed by atoms with Gasteiger partial charge in [0.25, 0.3) is 5.69 Å². The van der Waals surface area contributed by atoms with Gasteiger partial charge in [-0.25, -0.2) is 4.79 Å². The van der Waals surface area contributed by atoms with E-state index in [1.165, 1.54) is 24.3 Å². The van der Waals surface area contributed by atoms with Crippen LogP contribution in [0.2, 0.25) is 0 Å². The second-order valence-electron chi connectivity index (χ2n) is 4.11. The van der Waals surface area contributed by atoms with Crippen molar-refractivity contribution in [2.24, 2.45) is 0 Å². The predicted octanol–water partition coefficient (Wildman–Crippen LogP) is 4.02. The van der Waals surface area contributed by atoms with Gasteiger partial charge in [-0.2, -0.15) is 0 Å². The molecule has 0 heterocycles. The summed E-state index contributed by atoms with van der Waals surface area (Å²) in [4.78, 5) is 21.3. The third kappa shape index (κ3) is 6.91. The van der Waals surface area contributed by atoms with Crippen molar-refractivity contribution in [3.63, 3.8) is 0 Å². The van der Waals surface area contributed by atoms with Crippen molar-refractivity contribution in [2.45, 2.75) is 19.3 Å². The van der Waals surface area contributed by atoms with E-state index in [0.717, 1.165) is 19.3 Å². The van der Waals surface area contributed by atoms with E-state index in [0.29, 0.717) is 0 Å². The average molecular weight is 291 g/mol. The average Bonchev–Trinajstić information content (AvgIpc) is 2.47. The van der Waals surface area contributed by atoms with E-state index in [2.05, 4.69) is 6.58 Å². The number of hydrogen-bond acceptors (Lipinski definition) is 5. The van der Waals surface area contributed by atoms with E-state index in [1.807, 2.05) is 12.2 Å². The summed E-state index contributed by atoms with van der Waals surface area (Å²) >= 11 is 0. The maximum absolute atomic E-state index is 11.4. The van der Waals surface area contributed by atoms with Crippen molar-refractivity contribution >= 4 is 11.8 Å². The lowest BCUT2D eigenvalue weighted by Crippen LogP contribution is -2.11. The molecule has 1 rings (SSSR count). The molecule has 0 aromatic heterocycles. The lowest BCUT2D eigenvalue weighted by Gasteiger charge is -2.05. The zero-order chi connectivity index (χ0) is 15.5. The van der Waals surface area contributed by atoms with Gasteiger partial charge in [-0.1, -0.05) is 24.8 Å². The topological polar surface area (TPSA) is 78.7 Å². The molecule has 0 saturated carbocycles. The van der Waals surface area contributed by atoms with Crippen LogP contribution in [0.15, 0.2) is 49.1 Å². The predicted molar refractivity (Wildman–Crippen MR) is 78.3 cm³/mol. The molecule has 0 fully saturated rings. The Kier molecular flexibility index (Phi) is 7.28. The SMILES string of the molecule is C=CC=CCCCCOC(=O)Oc1ccc([N+](=O)[O-])cc1. The van der Waals surface area contributed by atoms with Crippen LogP contribution in [0.25, 0.3) is 0 Å². The Morgan fingerprint density at radius 1 is 1.29 bits per heavy atom. The highest BCUT2D eigenvalue weighted by Gasteiger charge is 2.08. The van der Waals surface area contributed by atoms with Crippen LogP contribution in [0.5, 0.6) is 5.75 Å². The molecule has 6 heteroatoms. The molecule has 1 aromatic rings. The summed E-state index contributed by atoms with van der Waals surface area (Å²) in [5.74, 6) is 0.208. The first kappa shape index (κ1) is 16.4. The number of unbranched alkanes of at least 4 members (excludes halogenated alkanes) is 2. The summed E-state index contributed by atoms with van der Waals surface area (Å²) in [5, 5.41) is 10.5. The molecule has 0 atom stereocenters. The lowest BCUT2D eigenvalue weighted by atomic mass is 10.2. The first-order valence-electron chi connectivity index (χ1n) is 6.50. The molecule has 0 N–H and O–H groups in total. The molecule has 0 amide bonds. The van der Waals surface area contributed by atoms with Gasteiger partial charge in [0.2, 0.25) is 0 Å². The van der Waals surface area contributed by atoms with Gasteiger partial charge in [-0.05, 0) is 31.4 Å². The second-order valence-corrected chi connectivity index (χ2v) is 4.11. The highest BCUT2D eigenvalue weighted by Crippen LogP contribution is 2.17. The van der Waals surface area contributed by atoms with Crippen LogP contribution in [0.1, 0.15) is 19.3 Å². The minimum atomic E-state index is -0.814. The molecule has 0 saturated heterocycles. The standard InChI is InChI=1S/C15H17NO5/c1-2-3-4-5-6-7-12-20-15(17)21-14-10-8-13(9-11-14)16(18)19/h2-4,8-11H,1,5-7,12H2. The number of ether oxygens (including phenoxy) is 2. The molecule has 0 bridgehead atoms. The molecular formula is C15H17NO5. The number of benzene rings is 1. The number of nitro groups is 1. The third-order valence-electron chi connectivity index (χ3n) is 2.51. The molecule has 21 heavy (non-hydrogen) atoms. The van der Waals surface area contributed by atoms with Gasteiger partial charge >= 0.3 is 6.16 Å². The van der Waals surface area contributed by atoms with Gasteiger partial charge < -0.3 is 9.47 Å². The Hall–Kier alpha value is -2.63. The Morgan fingerprint density at radius 2 is 2.00 bits per heavy atom. The van der Waals surface area contributed by atoms with Crippen LogP contribution in [-0.4, -0.2) is 17.7 Å². The monoisotopic (exact) mass is 291 g/mol. The second kappa shape index (κ2) is 9.30. The fourth-order valence-electron chi connectivity index (χ4n) is 1.47. The molecule has 0 aliphatic rings. The van der Waals surface area contributed by atoms with E-state index >= 15 is 0 Å². The third-order valence-corrected chi connectivity index (χ3v) is 2.51. The summed E-state index contributed by atoms with van der Waals surface area (Å²) in [5.41, 5.74) is -0.0664. The molecule has 112 valence electrons. The Bertz CT molecular complexity index is 507. The molecule has 0 radical (unpaired) electrons. The number of carbonyl (C=O) groups excluding carboxylic acids is 1. The van der Waals surface area contributed by atoms with Gasteiger partial charge in [0.15, 0.2) is 0 Å². The van der Waals surface area contributed by atoms with Gasteiger partial charge in [-0.3, -0.25) is 10.1 Å². The van der Waals surface area contributed by atoms with Gasteiger partial charge in [-0.15, -0.1) is 0 Å². The van der Waals surface area contributed by atoms with Crippen molar-refractivity contribution < 1.29 is 19.2 Å². The Labute approximate surface area is 122 Å². The molecular weight excluding hydrogens is 274 g/mol. The zero-order valence-corrected chi connectivity index (χ0v) is 11.6. The summed E-state index contributed by atoms with van der Waals surface area (Å²) in [6.45, 7) is 3.83. The van der Waals surface area contributed by atoms with Crippen LogP contribution in [0, 0.1) is 10.1 Å². The van der Waals surface area contributed by atoms with Crippen LogP contribution in [0.3, 0.4) is 0 Å². The minimum absolute atomic E-state index is 0.0664. The number of nitrogens with zero attached hydrogens (tertiary/aromatic N) is 1. The summed E-state index contributed by atoms with van der Waals surface area (Å²) in [6, 6.07) is 5.21.